The number of hydrogen-bond acceptors (Lipinski definition) is 4. The van der Waals surface area contributed by atoms with Crippen LogP contribution in [-0.4, -0.2) is 47.9 Å². The molecule has 0 spiro atoms. The molecule has 1 aliphatic heterocycles. The number of carbonyl (C=O) groups is 2. The Balaban J connectivity index is 1.64. The van der Waals surface area contributed by atoms with Crippen LogP contribution in [0.2, 0.25) is 0 Å². The first-order valence-corrected chi connectivity index (χ1v) is 10.5. The first-order chi connectivity index (χ1) is 14.0. The van der Waals surface area contributed by atoms with Crippen LogP contribution in [-0.2, 0) is 4.79 Å². The third-order valence-electron chi connectivity index (χ3n) is 5.94. The van der Waals surface area contributed by atoms with E-state index in [2.05, 4.69) is 24.1 Å². The van der Waals surface area contributed by atoms with Crippen molar-refractivity contribution in [2.24, 2.45) is 5.92 Å². The SMILES string of the molecule is CCC(CC)C(=O)N1CCC(NC(=O)c2cc3ccc(OC)cc3nc2C)CC1. The molecule has 2 aromatic rings. The number of nitrogens with zero attached hydrogens (tertiary/aromatic N) is 2. The number of aryl methyl sites for hydroxylation is 1. The number of benzene rings is 1. The van der Waals surface area contributed by atoms with Crippen molar-refractivity contribution in [1.82, 2.24) is 15.2 Å². The molecule has 0 unspecified atom stereocenters. The molecule has 6 nitrogen and oxygen atoms in total. The van der Waals surface area contributed by atoms with E-state index in [-0.39, 0.29) is 23.8 Å². The van der Waals surface area contributed by atoms with E-state index in [0.29, 0.717) is 24.3 Å². The highest BCUT2D eigenvalue weighted by Crippen LogP contribution is 2.22. The number of rotatable bonds is 6. The van der Waals surface area contributed by atoms with Crippen LogP contribution in [0.4, 0.5) is 0 Å². The Kier molecular flexibility index (Phi) is 6.72. The molecule has 2 heterocycles. The Labute approximate surface area is 172 Å². The second-order valence-electron chi connectivity index (χ2n) is 7.77. The fourth-order valence-electron chi connectivity index (χ4n) is 4.00. The van der Waals surface area contributed by atoms with Crippen molar-refractivity contribution >= 4 is 22.7 Å². The van der Waals surface area contributed by atoms with Gasteiger partial charge in [0.1, 0.15) is 5.75 Å². The lowest BCUT2D eigenvalue weighted by Gasteiger charge is -2.34. The molecule has 1 fully saturated rings. The van der Waals surface area contributed by atoms with Gasteiger partial charge in [0.05, 0.1) is 23.9 Å². The topological polar surface area (TPSA) is 71.5 Å². The van der Waals surface area contributed by atoms with Gasteiger partial charge in [-0.05, 0) is 50.8 Å². The van der Waals surface area contributed by atoms with Gasteiger partial charge in [-0.1, -0.05) is 13.8 Å². The summed E-state index contributed by atoms with van der Waals surface area (Å²) in [6.07, 6.45) is 3.34. The van der Waals surface area contributed by atoms with E-state index in [9.17, 15) is 9.59 Å². The summed E-state index contributed by atoms with van der Waals surface area (Å²) in [5, 5.41) is 4.05. The second-order valence-corrected chi connectivity index (χ2v) is 7.77. The highest BCUT2D eigenvalue weighted by molar-refractivity contribution is 5.99. The smallest absolute Gasteiger partial charge is 0.253 e. The first kappa shape index (κ1) is 21.1. The monoisotopic (exact) mass is 397 g/mol. The van der Waals surface area contributed by atoms with Gasteiger partial charge in [-0.15, -0.1) is 0 Å². The lowest BCUT2D eigenvalue weighted by atomic mass is 9.98. The van der Waals surface area contributed by atoms with E-state index in [4.69, 9.17) is 4.74 Å². The zero-order valence-electron chi connectivity index (χ0n) is 17.8. The van der Waals surface area contributed by atoms with Crippen LogP contribution in [0, 0.1) is 12.8 Å². The minimum Gasteiger partial charge on any atom is -0.497 e. The molecule has 0 bridgehead atoms. The van der Waals surface area contributed by atoms with Crippen molar-refractivity contribution in [1.29, 1.82) is 0 Å². The van der Waals surface area contributed by atoms with Crippen molar-refractivity contribution < 1.29 is 14.3 Å². The number of piperidine rings is 1. The molecule has 0 aliphatic carbocycles. The predicted octanol–water partition coefficient (Wildman–Crippen LogP) is 3.71. The predicted molar refractivity (Wildman–Crippen MR) is 114 cm³/mol. The van der Waals surface area contributed by atoms with Crippen LogP contribution in [0.1, 0.15) is 55.6 Å². The maximum absolute atomic E-state index is 12.9. The molecule has 0 radical (unpaired) electrons. The molecule has 1 aromatic heterocycles. The minimum absolute atomic E-state index is 0.0826. The normalized spacial score (nSPS) is 15.0. The number of hydrogen-bond donors (Lipinski definition) is 1. The third kappa shape index (κ3) is 4.69. The summed E-state index contributed by atoms with van der Waals surface area (Å²) >= 11 is 0. The number of aromatic nitrogens is 1. The summed E-state index contributed by atoms with van der Waals surface area (Å²) in [4.78, 5) is 31.9. The van der Waals surface area contributed by atoms with Gasteiger partial charge in [-0.2, -0.15) is 0 Å². The Morgan fingerprint density at radius 1 is 1.21 bits per heavy atom. The number of amides is 2. The molecule has 156 valence electrons. The van der Waals surface area contributed by atoms with Crippen molar-refractivity contribution in [3.05, 3.63) is 35.5 Å². The quantitative estimate of drug-likeness (QED) is 0.807. The number of nitrogens with one attached hydrogen (secondary N) is 1. The molecular formula is C23H31N3O3. The fourth-order valence-corrected chi connectivity index (χ4v) is 4.00. The summed E-state index contributed by atoms with van der Waals surface area (Å²) in [6.45, 7) is 7.39. The Bertz CT molecular complexity index is 884. The van der Waals surface area contributed by atoms with Crippen LogP contribution in [0.25, 0.3) is 10.9 Å². The van der Waals surface area contributed by atoms with Gasteiger partial charge < -0.3 is 15.0 Å². The second kappa shape index (κ2) is 9.25. The largest absolute Gasteiger partial charge is 0.497 e. The van der Waals surface area contributed by atoms with Gasteiger partial charge in [0.25, 0.3) is 5.91 Å². The minimum atomic E-state index is -0.0995. The molecule has 1 saturated heterocycles. The first-order valence-electron chi connectivity index (χ1n) is 10.5. The number of pyridine rings is 1. The zero-order valence-corrected chi connectivity index (χ0v) is 17.8. The summed E-state index contributed by atoms with van der Waals surface area (Å²) in [7, 11) is 1.62. The van der Waals surface area contributed by atoms with E-state index in [1.807, 2.05) is 36.1 Å². The standard InChI is InChI=1S/C23H31N3O3/c1-5-16(6-2)23(28)26-11-9-18(10-12-26)25-22(27)20-13-17-7-8-19(29-4)14-21(17)24-15(20)3/h7-8,13-14,16,18H,5-6,9-12H2,1-4H3,(H,25,27). The Morgan fingerprint density at radius 3 is 2.52 bits per heavy atom. The molecule has 29 heavy (non-hydrogen) atoms. The number of fused-ring (bicyclic) bond motifs is 1. The van der Waals surface area contributed by atoms with Crippen molar-refractivity contribution in [2.45, 2.75) is 52.5 Å². The molecule has 2 amide bonds. The third-order valence-corrected chi connectivity index (χ3v) is 5.94. The van der Waals surface area contributed by atoms with E-state index >= 15 is 0 Å². The molecule has 0 saturated carbocycles. The van der Waals surface area contributed by atoms with Gasteiger partial charge >= 0.3 is 0 Å². The van der Waals surface area contributed by atoms with Crippen molar-refractivity contribution in [3.63, 3.8) is 0 Å². The molecule has 1 aliphatic rings. The molecule has 1 N–H and O–H groups in total. The average molecular weight is 398 g/mol. The summed E-state index contributed by atoms with van der Waals surface area (Å²) < 4.78 is 5.25. The fraction of sp³-hybridized carbons (Fsp3) is 0.522. The molecule has 0 atom stereocenters. The van der Waals surface area contributed by atoms with Crippen molar-refractivity contribution in [2.75, 3.05) is 20.2 Å². The highest BCUT2D eigenvalue weighted by atomic mass is 16.5. The average Bonchev–Trinajstić information content (AvgIpc) is 2.74. The van der Waals surface area contributed by atoms with Crippen LogP contribution in [0.5, 0.6) is 5.75 Å². The number of methoxy groups -OCH3 is 1. The van der Waals surface area contributed by atoms with Gasteiger partial charge in [0, 0.05) is 36.5 Å². The number of likely N-dealkylation sites (tertiary alicyclic amines) is 1. The summed E-state index contributed by atoms with van der Waals surface area (Å²) in [5.74, 6) is 1.02. The van der Waals surface area contributed by atoms with Gasteiger partial charge in [-0.3, -0.25) is 14.6 Å². The van der Waals surface area contributed by atoms with Crippen molar-refractivity contribution in [3.8, 4) is 5.75 Å². The maximum Gasteiger partial charge on any atom is 0.253 e. The molecule has 3 rings (SSSR count). The van der Waals surface area contributed by atoms with Gasteiger partial charge in [0.2, 0.25) is 5.91 Å². The Hall–Kier alpha value is -2.63. The van der Waals surface area contributed by atoms with Crippen LogP contribution in [0.3, 0.4) is 0 Å². The zero-order chi connectivity index (χ0) is 21.0. The van der Waals surface area contributed by atoms with E-state index in [1.54, 1.807) is 7.11 Å². The number of carbonyl (C=O) groups excluding carboxylic acids is 2. The Morgan fingerprint density at radius 2 is 1.90 bits per heavy atom. The van der Waals surface area contributed by atoms with E-state index < -0.39 is 0 Å². The molecule has 6 heteroatoms. The lowest BCUT2D eigenvalue weighted by molar-refractivity contribution is -0.136. The van der Waals surface area contributed by atoms with E-state index in [1.165, 1.54) is 0 Å². The highest BCUT2D eigenvalue weighted by Gasteiger charge is 2.27. The molecule has 1 aromatic carbocycles. The maximum atomic E-state index is 12.9. The van der Waals surface area contributed by atoms with Crippen LogP contribution >= 0.6 is 0 Å². The van der Waals surface area contributed by atoms with Crippen LogP contribution < -0.4 is 10.1 Å². The lowest BCUT2D eigenvalue weighted by Crippen LogP contribution is -2.48. The summed E-state index contributed by atoms with van der Waals surface area (Å²) in [6, 6.07) is 7.63. The van der Waals surface area contributed by atoms with E-state index in [0.717, 1.165) is 42.3 Å². The number of ether oxygens (including phenoxy) is 1. The van der Waals surface area contributed by atoms with Gasteiger partial charge in [0.15, 0.2) is 0 Å². The van der Waals surface area contributed by atoms with Crippen LogP contribution in [0.15, 0.2) is 24.3 Å². The molecular weight excluding hydrogens is 366 g/mol. The van der Waals surface area contributed by atoms with Gasteiger partial charge in [-0.25, -0.2) is 0 Å². The summed E-state index contributed by atoms with van der Waals surface area (Å²) in [5.41, 5.74) is 2.11.